The minimum atomic E-state index is -0.412. The molecule has 0 aliphatic carbocycles. The maximum atomic E-state index is 13.1. The average molecular weight is 409 g/mol. The number of pyridine rings is 1. The summed E-state index contributed by atoms with van der Waals surface area (Å²) in [6, 6.07) is 7.76. The van der Waals surface area contributed by atoms with E-state index < -0.39 is 5.82 Å². The number of nitrogens with two attached hydrogens (primary N) is 1. The molecule has 1 aromatic carbocycles. The molecule has 3 N–H and O–H groups in total. The molecule has 1 aliphatic heterocycles. The van der Waals surface area contributed by atoms with Crippen LogP contribution in [0, 0.1) is 5.82 Å². The van der Waals surface area contributed by atoms with Gasteiger partial charge in [0.1, 0.15) is 11.0 Å². The quantitative estimate of drug-likeness (QED) is 0.744. The largest absolute Gasteiger partial charge is 0.401 e. The molecular weight excluding hydrogens is 390 g/mol. The number of benzene rings is 1. The van der Waals surface area contributed by atoms with Gasteiger partial charge in [0.05, 0.1) is 0 Å². The monoisotopic (exact) mass is 408 g/mol. The third-order valence-electron chi connectivity index (χ3n) is 4.38. The van der Waals surface area contributed by atoms with Crippen LogP contribution in [0.4, 0.5) is 4.39 Å². The van der Waals surface area contributed by atoms with Crippen LogP contribution >= 0.6 is 23.2 Å². The van der Waals surface area contributed by atoms with E-state index in [0.717, 1.165) is 5.56 Å². The van der Waals surface area contributed by atoms with Crippen LogP contribution in [0.5, 0.6) is 0 Å². The van der Waals surface area contributed by atoms with E-state index in [-0.39, 0.29) is 17.5 Å². The van der Waals surface area contributed by atoms with Crippen LogP contribution < -0.4 is 11.1 Å². The Balaban J connectivity index is 1.58. The molecule has 0 bridgehead atoms. The Labute approximate surface area is 167 Å². The molecule has 0 radical (unpaired) electrons. The molecule has 0 unspecified atom stereocenters. The molecule has 8 heteroatoms. The van der Waals surface area contributed by atoms with Crippen molar-refractivity contribution in [2.75, 3.05) is 13.1 Å². The molecule has 3 rings (SSSR count). The van der Waals surface area contributed by atoms with E-state index in [1.54, 1.807) is 18.3 Å². The number of carbonyl (C=O) groups is 1. The van der Waals surface area contributed by atoms with E-state index in [4.69, 9.17) is 28.9 Å². The van der Waals surface area contributed by atoms with Crippen molar-refractivity contribution < 1.29 is 9.18 Å². The Morgan fingerprint density at radius 1 is 1.30 bits per heavy atom. The number of rotatable bonds is 5. The van der Waals surface area contributed by atoms with Crippen molar-refractivity contribution >= 4 is 29.1 Å². The van der Waals surface area contributed by atoms with Crippen molar-refractivity contribution in [2.45, 2.75) is 19.5 Å². The highest BCUT2D eigenvalue weighted by Gasteiger charge is 2.22. The Kier molecular flexibility index (Phi) is 6.31. The topological polar surface area (TPSA) is 71.2 Å². The fourth-order valence-corrected chi connectivity index (χ4v) is 3.29. The van der Waals surface area contributed by atoms with Crippen LogP contribution in [0.15, 0.2) is 47.8 Å². The van der Waals surface area contributed by atoms with E-state index >= 15 is 0 Å². The molecule has 5 nitrogen and oxygen atoms in total. The molecule has 1 aliphatic rings. The number of carbonyl (C=O) groups excluding carboxylic acids is 1. The molecule has 0 atom stereocenters. The van der Waals surface area contributed by atoms with E-state index in [2.05, 4.69) is 15.2 Å². The zero-order valence-electron chi connectivity index (χ0n) is 14.5. The maximum absolute atomic E-state index is 13.1. The van der Waals surface area contributed by atoms with Crippen molar-refractivity contribution in [1.29, 1.82) is 0 Å². The summed E-state index contributed by atoms with van der Waals surface area (Å²) < 4.78 is 13.1. The zero-order chi connectivity index (χ0) is 19.4. The molecule has 1 amide bonds. The first kappa shape index (κ1) is 19.6. The first-order valence-corrected chi connectivity index (χ1v) is 9.20. The van der Waals surface area contributed by atoms with Crippen LogP contribution in [0.25, 0.3) is 0 Å². The fourth-order valence-electron chi connectivity index (χ4n) is 2.95. The van der Waals surface area contributed by atoms with Crippen LogP contribution in [-0.2, 0) is 17.9 Å². The number of nitrogens with zero attached hydrogens (tertiary/aromatic N) is 2. The van der Waals surface area contributed by atoms with Crippen LogP contribution in [0.3, 0.4) is 0 Å². The summed E-state index contributed by atoms with van der Waals surface area (Å²) in [5, 5.41) is 3.54. The summed E-state index contributed by atoms with van der Waals surface area (Å²) in [6.07, 6.45) is 2.28. The molecule has 1 aromatic heterocycles. The summed E-state index contributed by atoms with van der Waals surface area (Å²) in [7, 11) is 0. The molecule has 2 aromatic rings. The Bertz CT molecular complexity index is 871. The minimum absolute atomic E-state index is 0.217. The van der Waals surface area contributed by atoms with Gasteiger partial charge in [0, 0.05) is 48.7 Å². The highest BCUT2D eigenvalue weighted by molar-refractivity contribution is 6.31. The lowest BCUT2D eigenvalue weighted by Gasteiger charge is -2.28. The smallest absolute Gasteiger partial charge is 0.249 e. The van der Waals surface area contributed by atoms with Gasteiger partial charge in [-0.1, -0.05) is 35.3 Å². The van der Waals surface area contributed by atoms with Gasteiger partial charge >= 0.3 is 0 Å². The highest BCUT2D eigenvalue weighted by atomic mass is 35.5. The molecule has 2 heterocycles. The summed E-state index contributed by atoms with van der Waals surface area (Å²) in [4.78, 5) is 18.7. The maximum Gasteiger partial charge on any atom is 0.249 e. The lowest BCUT2D eigenvalue weighted by molar-refractivity contribution is -0.118. The number of amides is 1. The van der Waals surface area contributed by atoms with Gasteiger partial charge < -0.3 is 11.1 Å². The van der Waals surface area contributed by atoms with Crippen LogP contribution in [-0.4, -0.2) is 28.9 Å². The predicted molar refractivity (Wildman–Crippen MR) is 104 cm³/mol. The minimum Gasteiger partial charge on any atom is -0.401 e. The second-order valence-electron chi connectivity index (χ2n) is 6.37. The van der Waals surface area contributed by atoms with E-state index in [1.165, 1.54) is 12.1 Å². The lowest BCUT2D eigenvalue weighted by Crippen LogP contribution is -2.38. The average Bonchev–Trinajstić information content (AvgIpc) is 2.63. The summed E-state index contributed by atoms with van der Waals surface area (Å²) in [5.74, 6) is -0.633. The van der Waals surface area contributed by atoms with Gasteiger partial charge in [-0.05, 0) is 35.7 Å². The SMILES string of the molecule is NC1=C(C(=O)NCc2ccc(F)cc2Cl)CCN(Cc2ccc(Cl)nc2)C1. The van der Waals surface area contributed by atoms with E-state index in [9.17, 15) is 9.18 Å². The normalized spacial score (nSPS) is 15.1. The third kappa shape index (κ3) is 5.19. The molecule has 0 fully saturated rings. The van der Waals surface area contributed by atoms with Crippen molar-refractivity contribution in [2.24, 2.45) is 5.73 Å². The Morgan fingerprint density at radius 3 is 2.78 bits per heavy atom. The molecule has 142 valence electrons. The molecular formula is C19H19Cl2FN4O. The van der Waals surface area contributed by atoms with Gasteiger partial charge in [-0.2, -0.15) is 0 Å². The first-order chi connectivity index (χ1) is 12.9. The van der Waals surface area contributed by atoms with Gasteiger partial charge in [0.15, 0.2) is 0 Å². The van der Waals surface area contributed by atoms with Crippen molar-refractivity contribution in [1.82, 2.24) is 15.2 Å². The van der Waals surface area contributed by atoms with Gasteiger partial charge in [0.25, 0.3) is 0 Å². The van der Waals surface area contributed by atoms with Crippen LogP contribution in [0.1, 0.15) is 17.5 Å². The second-order valence-corrected chi connectivity index (χ2v) is 7.17. The summed E-state index contributed by atoms with van der Waals surface area (Å²) in [5.41, 5.74) is 8.95. The van der Waals surface area contributed by atoms with E-state index in [1.807, 2.05) is 6.07 Å². The zero-order valence-corrected chi connectivity index (χ0v) is 16.0. The Morgan fingerprint density at radius 2 is 2.11 bits per heavy atom. The molecule has 0 spiro atoms. The third-order valence-corrected chi connectivity index (χ3v) is 4.96. The Hall–Kier alpha value is -2.15. The predicted octanol–water partition coefficient (Wildman–Crippen LogP) is 3.26. The highest BCUT2D eigenvalue weighted by Crippen LogP contribution is 2.19. The summed E-state index contributed by atoms with van der Waals surface area (Å²) >= 11 is 11.8. The van der Waals surface area contributed by atoms with Crippen molar-refractivity contribution in [3.63, 3.8) is 0 Å². The molecule has 0 saturated heterocycles. The van der Waals surface area contributed by atoms with Gasteiger partial charge in [-0.15, -0.1) is 0 Å². The number of nitrogens with one attached hydrogen (secondary N) is 1. The van der Waals surface area contributed by atoms with Gasteiger partial charge in [0.2, 0.25) is 5.91 Å². The number of halogens is 3. The lowest BCUT2D eigenvalue weighted by atomic mass is 10.0. The van der Waals surface area contributed by atoms with Crippen molar-refractivity contribution in [3.05, 3.63) is 74.9 Å². The van der Waals surface area contributed by atoms with E-state index in [0.29, 0.717) is 48.0 Å². The number of aromatic nitrogens is 1. The fraction of sp³-hybridized carbons (Fsp3) is 0.263. The first-order valence-electron chi connectivity index (χ1n) is 8.45. The summed E-state index contributed by atoms with van der Waals surface area (Å²) in [6.45, 7) is 2.12. The van der Waals surface area contributed by atoms with Gasteiger partial charge in [-0.25, -0.2) is 9.37 Å². The van der Waals surface area contributed by atoms with Crippen molar-refractivity contribution in [3.8, 4) is 0 Å². The standard InChI is InChI=1S/C19H19Cl2FN4O/c20-16-7-14(22)3-2-13(16)9-25-19(27)15-5-6-26(11-17(15)23)10-12-1-4-18(21)24-8-12/h1-4,7-8H,5-6,9-11,23H2,(H,25,27). The number of hydrogen-bond acceptors (Lipinski definition) is 4. The molecule has 27 heavy (non-hydrogen) atoms. The van der Waals surface area contributed by atoms with Gasteiger partial charge in [-0.3, -0.25) is 9.69 Å². The second kappa shape index (κ2) is 8.69. The number of hydrogen-bond donors (Lipinski definition) is 2. The van der Waals surface area contributed by atoms with Crippen LogP contribution in [0.2, 0.25) is 10.2 Å². The molecule has 0 saturated carbocycles.